The van der Waals surface area contributed by atoms with Crippen LogP contribution in [0.4, 0.5) is 0 Å². The van der Waals surface area contributed by atoms with E-state index in [-0.39, 0.29) is 28.2 Å². The zero-order valence-electron chi connectivity index (χ0n) is 14.2. The van der Waals surface area contributed by atoms with Gasteiger partial charge in [-0.25, -0.2) is 8.42 Å². The first kappa shape index (κ1) is 20.0. The third kappa shape index (κ3) is 5.57. The highest BCUT2D eigenvalue weighted by atomic mass is 35.5. The Labute approximate surface area is 153 Å². The van der Waals surface area contributed by atoms with Crippen molar-refractivity contribution in [3.05, 3.63) is 23.2 Å². The van der Waals surface area contributed by atoms with Gasteiger partial charge in [0, 0.05) is 33.4 Å². The number of carbonyl (C=O) groups excluding carboxylic acids is 1. The first-order valence-electron chi connectivity index (χ1n) is 8.13. The summed E-state index contributed by atoms with van der Waals surface area (Å²) < 4.78 is 36.7. The number of amides is 1. The van der Waals surface area contributed by atoms with E-state index < -0.39 is 10.0 Å². The number of sulfonamides is 1. The fraction of sp³-hybridized carbons (Fsp3) is 0.562. The number of carbonyl (C=O) groups is 1. The molecule has 140 valence electrons. The number of methoxy groups -OCH3 is 1. The Morgan fingerprint density at radius 1 is 1.32 bits per heavy atom. The molecule has 9 heteroatoms. The topological polar surface area (TPSA) is 84.9 Å². The number of nitrogens with one attached hydrogen (secondary N) is 1. The summed E-state index contributed by atoms with van der Waals surface area (Å²) in [7, 11) is -1.93. The Hall–Kier alpha value is -1.35. The van der Waals surface area contributed by atoms with Crippen molar-refractivity contribution in [2.24, 2.45) is 0 Å². The smallest absolute Gasteiger partial charge is 0.257 e. The van der Waals surface area contributed by atoms with Crippen molar-refractivity contribution in [1.29, 1.82) is 0 Å². The number of halogens is 1. The molecule has 1 aromatic rings. The molecule has 2 rings (SSSR count). The molecule has 0 saturated carbocycles. The summed E-state index contributed by atoms with van der Waals surface area (Å²) in [6, 6.07) is 4.29. The van der Waals surface area contributed by atoms with Crippen molar-refractivity contribution >= 4 is 27.5 Å². The lowest BCUT2D eigenvalue weighted by Crippen LogP contribution is -2.30. The van der Waals surface area contributed by atoms with Crippen LogP contribution in [0.25, 0.3) is 0 Å². The first-order valence-corrected chi connectivity index (χ1v) is 9.95. The summed E-state index contributed by atoms with van der Waals surface area (Å²) in [4.78, 5) is 11.8. The average molecular weight is 391 g/mol. The number of nitrogens with zero attached hydrogens (tertiary/aromatic N) is 1. The molecule has 0 atom stereocenters. The lowest BCUT2D eigenvalue weighted by molar-refractivity contribution is -0.123. The first-order chi connectivity index (χ1) is 11.9. The molecular weight excluding hydrogens is 368 g/mol. The Bertz CT molecular complexity index is 690. The molecule has 1 aromatic carbocycles. The van der Waals surface area contributed by atoms with Crippen LogP contribution in [0.5, 0.6) is 5.75 Å². The Kier molecular flexibility index (Phi) is 7.49. The van der Waals surface area contributed by atoms with Crippen LogP contribution in [0.2, 0.25) is 5.02 Å². The molecule has 1 aliphatic heterocycles. The van der Waals surface area contributed by atoms with Gasteiger partial charge in [0.25, 0.3) is 5.91 Å². The molecular formula is C16H23ClN2O5S. The van der Waals surface area contributed by atoms with Crippen molar-refractivity contribution in [3.63, 3.8) is 0 Å². The van der Waals surface area contributed by atoms with Crippen LogP contribution in [-0.4, -0.2) is 58.6 Å². The van der Waals surface area contributed by atoms with Crippen molar-refractivity contribution in [1.82, 2.24) is 9.62 Å². The van der Waals surface area contributed by atoms with Gasteiger partial charge < -0.3 is 14.8 Å². The maximum absolute atomic E-state index is 12.5. The highest BCUT2D eigenvalue weighted by Crippen LogP contribution is 2.29. The van der Waals surface area contributed by atoms with E-state index >= 15 is 0 Å². The normalized spacial score (nSPS) is 15.3. The maximum Gasteiger partial charge on any atom is 0.257 e. The quantitative estimate of drug-likeness (QED) is 0.648. The van der Waals surface area contributed by atoms with E-state index in [1.807, 2.05) is 0 Å². The standard InChI is InChI=1S/C16H23ClN2O5S/c1-23-10-4-7-18-16(20)12-24-15-6-5-13(11-14(15)17)25(21,22)19-8-2-3-9-19/h5-6,11H,2-4,7-10,12H2,1H3,(H,18,20). The van der Waals surface area contributed by atoms with Gasteiger partial charge in [0.15, 0.2) is 6.61 Å². The second-order valence-electron chi connectivity index (χ2n) is 5.69. The second-order valence-corrected chi connectivity index (χ2v) is 8.03. The van der Waals surface area contributed by atoms with E-state index in [1.54, 1.807) is 7.11 Å². The minimum Gasteiger partial charge on any atom is -0.482 e. The van der Waals surface area contributed by atoms with E-state index in [1.165, 1.54) is 22.5 Å². The van der Waals surface area contributed by atoms with Crippen LogP contribution in [0.1, 0.15) is 19.3 Å². The third-order valence-electron chi connectivity index (χ3n) is 3.81. The molecule has 1 fully saturated rings. The molecule has 0 spiro atoms. The van der Waals surface area contributed by atoms with Crippen LogP contribution < -0.4 is 10.1 Å². The molecule has 1 N–H and O–H groups in total. The minimum absolute atomic E-state index is 0.135. The number of hydrogen-bond acceptors (Lipinski definition) is 5. The van der Waals surface area contributed by atoms with Gasteiger partial charge in [-0.2, -0.15) is 4.31 Å². The van der Waals surface area contributed by atoms with E-state index in [0.29, 0.717) is 32.7 Å². The lowest BCUT2D eigenvalue weighted by Gasteiger charge is -2.16. The molecule has 0 aliphatic carbocycles. The van der Waals surface area contributed by atoms with Crippen LogP contribution >= 0.6 is 11.6 Å². The van der Waals surface area contributed by atoms with Gasteiger partial charge in [-0.1, -0.05) is 11.6 Å². The van der Waals surface area contributed by atoms with Gasteiger partial charge in [-0.05, 0) is 37.5 Å². The number of rotatable bonds is 9. The van der Waals surface area contributed by atoms with Crippen LogP contribution in [-0.2, 0) is 19.6 Å². The molecule has 1 saturated heterocycles. The second kappa shape index (κ2) is 9.38. The van der Waals surface area contributed by atoms with Crippen molar-refractivity contribution in [3.8, 4) is 5.75 Å². The van der Waals surface area contributed by atoms with Crippen LogP contribution in [0.15, 0.2) is 23.1 Å². The molecule has 1 aliphatic rings. The molecule has 1 heterocycles. The summed E-state index contributed by atoms with van der Waals surface area (Å²) in [6.45, 7) is 1.94. The predicted molar refractivity (Wildman–Crippen MR) is 94.4 cm³/mol. The predicted octanol–water partition coefficient (Wildman–Crippen LogP) is 1.66. The summed E-state index contributed by atoms with van der Waals surface area (Å²) >= 11 is 6.11. The third-order valence-corrected chi connectivity index (χ3v) is 6.00. The van der Waals surface area contributed by atoms with Gasteiger partial charge in [-0.3, -0.25) is 4.79 Å². The largest absolute Gasteiger partial charge is 0.482 e. The molecule has 1 amide bonds. The summed E-state index contributed by atoms with van der Waals surface area (Å²) in [5, 5.41) is 2.85. The van der Waals surface area contributed by atoms with Crippen LogP contribution in [0, 0.1) is 0 Å². The average Bonchev–Trinajstić information content (AvgIpc) is 3.13. The Balaban J connectivity index is 1.92. The van der Waals surface area contributed by atoms with E-state index in [0.717, 1.165) is 12.8 Å². The molecule has 0 bridgehead atoms. The lowest BCUT2D eigenvalue weighted by atomic mass is 10.3. The van der Waals surface area contributed by atoms with E-state index in [9.17, 15) is 13.2 Å². The number of benzene rings is 1. The van der Waals surface area contributed by atoms with Crippen molar-refractivity contribution in [2.45, 2.75) is 24.2 Å². The van der Waals surface area contributed by atoms with Gasteiger partial charge in [-0.15, -0.1) is 0 Å². The van der Waals surface area contributed by atoms with Gasteiger partial charge in [0.2, 0.25) is 10.0 Å². The molecule has 0 unspecified atom stereocenters. The summed E-state index contributed by atoms with van der Waals surface area (Å²) in [5.41, 5.74) is 0. The molecule has 0 radical (unpaired) electrons. The molecule has 25 heavy (non-hydrogen) atoms. The fourth-order valence-electron chi connectivity index (χ4n) is 2.48. The highest BCUT2D eigenvalue weighted by Gasteiger charge is 2.27. The summed E-state index contributed by atoms with van der Waals surface area (Å²) in [5.74, 6) is -0.00462. The van der Waals surface area contributed by atoms with Crippen LogP contribution in [0.3, 0.4) is 0 Å². The SMILES string of the molecule is COCCCNC(=O)COc1ccc(S(=O)(=O)N2CCCC2)cc1Cl. The Morgan fingerprint density at radius 2 is 2.04 bits per heavy atom. The minimum atomic E-state index is -3.52. The van der Waals surface area contributed by atoms with Crippen molar-refractivity contribution < 1.29 is 22.7 Å². The van der Waals surface area contributed by atoms with Gasteiger partial charge >= 0.3 is 0 Å². The zero-order chi connectivity index (χ0) is 18.3. The molecule has 7 nitrogen and oxygen atoms in total. The summed E-state index contributed by atoms with van der Waals surface area (Å²) in [6.07, 6.45) is 2.45. The van der Waals surface area contributed by atoms with Gasteiger partial charge in [0.05, 0.1) is 9.92 Å². The number of hydrogen-bond donors (Lipinski definition) is 1. The zero-order valence-corrected chi connectivity index (χ0v) is 15.7. The highest BCUT2D eigenvalue weighted by molar-refractivity contribution is 7.89. The van der Waals surface area contributed by atoms with Crippen molar-refractivity contribution in [2.75, 3.05) is 40.0 Å². The number of ether oxygens (including phenoxy) is 2. The van der Waals surface area contributed by atoms with E-state index in [4.69, 9.17) is 21.1 Å². The monoisotopic (exact) mass is 390 g/mol. The Morgan fingerprint density at radius 3 is 2.68 bits per heavy atom. The molecule has 0 aromatic heterocycles. The van der Waals surface area contributed by atoms with Gasteiger partial charge in [0.1, 0.15) is 5.75 Å². The maximum atomic E-state index is 12.5. The van der Waals surface area contributed by atoms with E-state index in [2.05, 4.69) is 5.32 Å². The fourth-order valence-corrected chi connectivity index (χ4v) is 4.32.